The molecule has 0 unspecified atom stereocenters. The first-order valence-corrected chi connectivity index (χ1v) is 6.56. The first-order chi connectivity index (χ1) is 8.49. The van der Waals surface area contributed by atoms with E-state index in [1.807, 2.05) is 18.7 Å². The quantitative estimate of drug-likeness (QED) is 0.861. The van der Waals surface area contributed by atoms with Crippen LogP contribution in [0.25, 0.3) is 0 Å². The molecule has 100 valence electrons. The number of carbonyl (C=O) groups excluding carboxylic acids is 1. The van der Waals surface area contributed by atoms with Crippen LogP contribution in [-0.2, 0) is 11.3 Å². The summed E-state index contributed by atoms with van der Waals surface area (Å²) in [4.78, 5) is 14.1. The molecule has 18 heavy (non-hydrogen) atoms. The number of nitrogen functional groups attached to an aromatic ring is 1. The Labute approximate surface area is 108 Å². The fourth-order valence-corrected chi connectivity index (χ4v) is 2.35. The highest BCUT2D eigenvalue weighted by Gasteiger charge is 2.21. The molecule has 1 aromatic rings. The number of likely N-dealkylation sites (tertiary alicyclic amines) is 1. The maximum absolute atomic E-state index is 12.2. The van der Waals surface area contributed by atoms with Gasteiger partial charge in [0.1, 0.15) is 6.54 Å². The molecular formula is C13H22N4O. The summed E-state index contributed by atoms with van der Waals surface area (Å²) in [6.45, 7) is 8.05. The molecule has 1 fully saturated rings. The van der Waals surface area contributed by atoms with Crippen molar-refractivity contribution in [2.45, 2.75) is 40.2 Å². The molecule has 2 heterocycles. The Hall–Kier alpha value is -1.52. The van der Waals surface area contributed by atoms with Gasteiger partial charge < -0.3 is 10.6 Å². The van der Waals surface area contributed by atoms with Crippen molar-refractivity contribution in [3.05, 3.63) is 11.4 Å². The zero-order chi connectivity index (χ0) is 13.3. The van der Waals surface area contributed by atoms with Crippen LogP contribution in [0.3, 0.4) is 0 Å². The highest BCUT2D eigenvalue weighted by atomic mass is 16.2. The number of carbonyl (C=O) groups is 1. The Kier molecular flexibility index (Phi) is 3.59. The van der Waals surface area contributed by atoms with Gasteiger partial charge in [0.15, 0.2) is 0 Å². The first kappa shape index (κ1) is 12.9. The van der Waals surface area contributed by atoms with Crippen LogP contribution in [0.5, 0.6) is 0 Å². The van der Waals surface area contributed by atoms with Gasteiger partial charge in [0.2, 0.25) is 5.91 Å². The average Bonchev–Trinajstić information content (AvgIpc) is 2.58. The SMILES string of the molecule is Cc1nn(CC(=O)N2CCC(C)CC2)c(C)c1N. The van der Waals surface area contributed by atoms with Crippen LogP contribution in [0, 0.1) is 19.8 Å². The highest BCUT2D eigenvalue weighted by molar-refractivity contribution is 5.76. The van der Waals surface area contributed by atoms with Crippen molar-refractivity contribution in [2.75, 3.05) is 18.8 Å². The van der Waals surface area contributed by atoms with Gasteiger partial charge in [-0.2, -0.15) is 5.10 Å². The predicted molar refractivity (Wildman–Crippen MR) is 71.1 cm³/mol. The van der Waals surface area contributed by atoms with Gasteiger partial charge in [-0.25, -0.2) is 0 Å². The topological polar surface area (TPSA) is 64.2 Å². The van der Waals surface area contributed by atoms with Crippen LogP contribution in [0.2, 0.25) is 0 Å². The average molecular weight is 250 g/mol. The number of amides is 1. The summed E-state index contributed by atoms with van der Waals surface area (Å²) < 4.78 is 1.71. The van der Waals surface area contributed by atoms with E-state index in [1.165, 1.54) is 0 Å². The summed E-state index contributed by atoms with van der Waals surface area (Å²) in [7, 11) is 0. The summed E-state index contributed by atoms with van der Waals surface area (Å²) in [5.41, 5.74) is 8.24. The molecule has 0 spiro atoms. The number of hydrogen-bond acceptors (Lipinski definition) is 3. The molecule has 2 N–H and O–H groups in total. The minimum Gasteiger partial charge on any atom is -0.396 e. The van der Waals surface area contributed by atoms with Gasteiger partial charge in [-0.3, -0.25) is 9.48 Å². The van der Waals surface area contributed by atoms with Gasteiger partial charge in [0, 0.05) is 13.1 Å². The van der Waals surface area contributed by atoms with E-state index in [-0.39, 0.29) is 5.91 Å². The molecule has 0 atom stereocenters. The van der Waals surface area contributed by atoms with E-state index in [9.17, 15) is 4.79 Å². The minimum atomic E-state index is 0.146. The number of aryl methyl sites for hydroxylation is 1. The summed E-state index contributed by atoms with van der Waals surface area (Å²) in [6, 6.07) is 0. The maximum Gasteiger partial charge on any atom is 0.244 e. The Morgan fingerprint density at radius 3 is 2.50 bits per heavy atom. The van der Waals surface area contributed by atoms with Gasteiger partial charge >= 0.3 is 0 Å². The Balaban J connectivity index is 2.01. The molecule has 5 nitrogen and oxygen atoms in total. The van der Waals surface area contributed by atoms with E-state index < -0.39 is 0 Å². The lowest BCUT2D eigenvalue weighted by Gasteiger charge is -2.30. The number of aromatic nitrogens is 2. The second-order valence-corrected chi connectivity index (χ2v) is 5.31. The Bertz CT molecular complexity index is 444. The van der Waals surface area contributed by atoms with E-state index in [0.717, 1.165) is 43.2 Å². The molecule has 2 rings (SSSR count). The molecule has 1 saturated heterocycles. The summed E-state index contributed by atoms with van der Waals surface area (Å²) in [6.07, 6.45) is 2.20. The first-order valence-electron chi connectivity index (χ1n) is 6.56. The number of nitrogens with zero attached hydrogens (tertiary/aromatic N) is 3. The van der Waals surface area contributed by atoms with Gasteiger partial charge in [0.05, 0.1) is 17.1 Å². The lowest BCUT2D eigenvalue weighted by atomic mass is 9.99. The van der Waals surface area contributed by atoms with Crippen molar-refractivity contribution >= 4 is 11.6 Å². The smallest absolute Gasteiger partial charge is 0.244 e. The van der Waals surface area contributed by atoms with Gasteiger partial charge in [-0.1, -0.05) is 6.92 Å². The molecular weight excluding hydrogens is 228 g/mol. The minimum absolute atomic E-state index is 0.146. The van der Waals surface area contributed by atoms with Crippen molar-refractivity contribution in [3.63, 3.8) is 0 Å². The van der Waals surface area contributed by atoms with E-state index >= 15 is 0 Å². The van der Waals surface area contributed by atoms with Crippen molar-refractivity contribution < 1.29 is 4.79 Å². The van der Waals surface area contributed by atoms with E-state index in [1.54, 1.807) is 4.68 Å². The monoisotopic (exact) mass is 250 g/mol. The number of hydrogen-bond donors (Lipinski definition) is 1. The van der Waals surface area contributed by atoms with E-state index in [2.05, 4.69) is 12.0 Å². The lowest BCUT2D eigenvalue weighted by Crippen LogP contribution is -2.40. The van der Waals surface area contributed by atoms with Crippen molar-refractivity contribution in [3.8, 4) is 0 Å². The molecule has 0 radical (unpaired) electrons. The number of anilines is 1. The third kappa shape index (κ3) is 2.49. The molecule has 0 bridgehead atoms. The zero-order valence-electron chi connectivity index (χ0n) is 11.4. The molecule has 0 aliphatic carbocycles. The van der Waals surface area contributed by atoms with E-state index in [0.29, 0.717) is 12.2 Å². The normalized spacial score (nSPS) is 17.2. The van der Waals surface area contributed by atoms with Crippen LogP contribution in [0.15, 0.2) is 0 Å². The van der Waals surface area contributed by atoms with E-state index in [4.69, 9.17) is 5.73 Å². The lowest BCUT2D eigenvalue weighted by molar-refractivity contribution is -0.133. The van der Waals surface area contributed by atoms with Gasteiger partial charge in [0.25, 0.3) is 0 Å². The zero-order valence-corrected chi connectivity index (χ0v) is 11.4. The van der Waals surface area contributed by atoms with Crippen molar-refractivity contribution in [1.82, 2.24) is 14.7 Å². The van der Waals surface area contributed by atoms with Crippen LogP contribution >= 0.6 is 0 Å². The molecule has 0 saturated carbocycles. The summed E-state index contributed by atoms with van der Waals surface area (Å²) in [5.74, 6) is 0.880. The third-order valence-electron chi connectivity index (χ3n) is 3.86. The second kappa shape index (κ2) is 5.00. The molecule has 1 aliphatic rings. The second-order valence-electron chi connectivity index (χ2n) is 5.31. The maximum atomic E-state index is 12.2. The van der Waals surface area contributed by atoms with Crippen LogP contribution in [0.1, 0.15) is 31.2 Å². The third-order valence-corrected chi connectivity index (χ3v) is 3.86. The van der Waals surface area contributed by atoms with Crippen LogP contribution in [-0.4, -0.2) is 33.7 Å². The molecule has 5 heteroatoms. The highest BCUT2D eigenvalue weighted by Crippen LogP contribution is 2.18. The van der Waals surface area contributed by atoms with Crippen molar-refractivity contribution in [1.29, 1.82) is 0 Å². The summed E-state index contributed by atoms with van der Waals surface area (Å²) >= 11 is 0. The van der Waals surface area contributed by atoms with Crippen LogP contribution in [0.4, 0.5) is 5.69 Å². The standard InChI is InChI=1S/C13H22N4O/c1-9-4-6-16(7-5-9)12(18)8-17-11(3)13(14)10(2)15-17/h9H,4-8,14H2,1-3H3. The largest absolute Gasteiger partial charge is 0.396 e. The van der Waals surface area contributed by atoms with Gasteiger partial charge in [-0.15, -0.1) is 0 Å². The molecule has 1 amide bonds. The predicted octanol–water partition coefficient (Wildman–Crippen LogP) is 1.34. The van der Waals surface area contributed by atoms with Gasteiger partial charge in [-0.05, 0) is 32.6 Å². The van der Waals surface area contributed by atoms with Crippen molar-refractivity contribution in [2.24, 2.45) is 5.92 Å². The number of piperidine rings is 1. The molecule has 1 aliphatic heterocycles. The fraction of sp³-hybridized carbons (Fsp3) is 0.692. The number of rotatable bonds is 2. The fourth-order valence-electron chi connectivity index (χ4n) is 2.35. The Morgan fingerprint density at radius 2 is 2.00 bits per heavy atom. The Morgan fingerprint density at radius 1 is 1.39 bits per heavy atom. The molecule has 1 aromatic heterocycles. The number of nitrogens with two attached hydrogens (primary N) is 1. The van der Waals surface area contributed by atoms with Crippen LogP contribution < -0.4 is 5.73 Å². The molecule has 0 aromatic carbocycles. The summed E-state index contributed by atoms with van der Waals surface area (Å²) in [5, 5.41) is 4.30.